The SMILES string of the molecule is CCOCC(O)CN(CC)CCc1ccccn1. The first-order valence-corrected chi connectivity index (χ1v) is 6.64. The van der Waals surface area contributed by atoms with Crippen LogP contribution >= 0.6 is 0 Å². The van der Waals surface area contributed by atoms with Crippen LogP contribution in [0, 0.1) is 0 Å². The molecule has 0 aliphatic carbocycles. The van der Waals surface area contributed by atoms with Crippen molar-refractivity contribution >= 4 is 0 Å². The lowest BCUT2D eigenvalue weighted by atomic mass is 10.2. The van der Waals surface area contributed by atoms with E-state index < -0.39 is 6.10 Å². The van der Waals surface area contributed by atoms with Gasteiger partial charge in [0.1, 0.15) is 0 Å². The van der Waals surface area contributed by atoms with Gasteiger partial charge in [0, 0.05) is 38.0 Å². The highest BCUT2D eigenvalue weighted by Crippen LogP contribution is 1.99. The first-order chi connectivity index (χ1) is 8.76. The van der Waals surface area contributed by atoms with E-state index in [4.69, 9.17) is 4.74 Å². The zero-order valence-electron chi connectivity index (χ0n) is 11.4. The summed E-state index contributed by atoms with van der Waals surface area (Å²) in [4.78, 5) is 6.52. The fraction of sp³-hybridized carbons (Fsp3) is 0.643. The molecule has 1 atom stereocenters. The quantitative estimate of drug-likeness (QED) is 0.720. The van der Waals surface area contributed by atoms with Crippen LogP contribution in [0.5, 0.6) is 0 Å². The fourth-order valence-corrected chi connectivity index (χ4v) is 1.80. The lowest BCUT2D eigenvalue weighted by Gasteiger charge is -2.23. The summed E-state index contributed by atoms with van der Waals surface area (Å²) in [7, 11) is 0. The van der Waals surface area contributed by atoms with Crippen molar-refractivity contribution in [2.75, 3.05) is 32.8 Å². The number of rotatable bonds is 9. The Morgan fingerprint density at radius 1 is 1.39 bits per heavy atom. The maximum Gasteiger partial charge on any atom is 0.0900 e. The van der Waals surface area contributed by atoms with E-state index in [0.717, 1.165) is 25.2 Å². The fourth-order valence-electron chi connectivity index (χ4n) is 1.80. The van der Waals surface area contributed by atoms with Gasteiger partial charge < -0.3 is 14.7 Å². The number of nitrogens with zero attached hydrogens (tertiary/aromatic N) is 2. The molecule has 1 heterocycles. The maximum absolute atomic E-state index is 9.80. The van der Waals surface area contributed by atoms with Crippen LogP contribution in [-0.4, -0.2) is 53.9 Å². The van der Waals surface area contributed by atoms with Crippen LogP contribution in [0.25, 0.3) is 0 Å². The second kappa shape index (κ2) is 9.03. The van der Waals surface area contributed by atoms with Gasteiger partial charge in [-0.2, -0.15) is 0 Å². The summed E-state index contributed by atoms with van der Waals surface area (Å²) in [5.41, 5.74) is 1.09. The van der Waals surface area contributed by atoms with Crippen LogP contribution in [-0.2, 0) is 11.2 Å². The molecular formula is C14H24N2O2. The molecule has 102 valence electrons. The van der Waals surface area contributed by atoms with Gasteiger partial charge in [0.2, 0.25) is 0 Å². The maximum atomic E-state index is 9.80. The van der Waals surface area contributed by atoms with Gasteiger partial charge in [0.05, 0.1) is 12.7 Å². The molecular weight excluding hydrogens is 228 g/mol. The Morgan fingerprint density at radius 2 is 2.22 bits per heavy atom. The molecule has 0 bridgehead atoms. The summed E-state index contributed by atoms with van der Waals surface area (Å²) in [6.07, 6.45) is 2.32. The normalized spacial score (nSPS) is 12.9. The molecule has 1 aromatic heterocycles. The largest absolute Gasteiger partial charge is 0.389 e. The predicted molar refractivity (Wildman–Crippen MR) is 72.6 cm³/mol. The van der Waals surface area contributed by atoms with Gasteiger partial charge in [0.25, 0.3) is 0 Å². The molecule has 0 amide bonds. The predicted octanol–water partition coefficient (Wildman–Crippen LogP) is 1.34. The number of aliphatic hydroxyl groups excluding tert-OH is 1. The molecule has 1 N–H and O–H groups in total. The van der Waals surface area contributed by atoms with Crippen molar-refractivity contribution in [1.82, 2.24) is 9.88 Å². The molecule has 0 saturated heterocycles. The Bertz CT molecular complexity index is 306. The van der Waals surface area contributed by atoms with Crippen LogP contribution in [0.4, 0.5) is 0 Å². The van der Waals surface area contributed by atoms with E-state index in [-0.39, 0.29) is 0 Å². The van der Waals surface area contributed by atoms with Crippen molar-refractivity contribution in [2.24, 2.45) is 0 Å². The zero-order valence-corrected chi connectivity index (χ0v) is 11.4. The standard InChI is InChI=1S/C14H24N2O2/c1-3-16(11-14(17)12-18-4-2)10-8-13-7-5-6-9-15-13/h5-7,9,14,17H,3-4,8,10-12H2,1-2H3. The third-order valence-electron chi connectivity index (χ3n) is 2.84. The smallest absolute Gasteiger partial charge is 0.0900 e. The lowest BCUT2D eigenvalue weighted by Crippen LogP contribution is -2.36. The lowest BCUT2D eigenvalue weighted by molar-refractivity contribution is 0.0222. The van der Waals surface area contributed by atoms with E-state index in [1.54, 1.807) is 0 Å². The Morgan fingerprint density at radius 3 is 2.83 bits per heavy atom. The average molecular weight is 252 g/mol. The number of aromatic nitrogens is 1. The number of likely N-dealkylation sites (N-methyl/N-ethyl adjacent to an activating group) is 1. The third kappa shape index (κ3) is 6.10. The average Bonchev–Trinajstić information content (AvgIpc) is 2.42. The summed E-state index contributed by atoms with van der Waals surface area (Å²) in [6, 6.07) is 5.96. The summed E-state index contributed by atoms with van der Waals surface area (Å²) >= 11 is 0. The highest BCUT2D eigenvalue weighted by molar-refractivity contribution is 5.03. The second-order valence-corrected chi connectivity index (χ2v) is 4.28. The summed E-state index contributed by atoms with van der Waals surface area (Å²) in [6.45, 7) is 7.60. The van der Waals surface area contributed by atoms with E-state index in [1.165, 1.54) is 0 Å². The summed E-state index contributed by atoms with van der Waals surface area (Å²) in [5.74, 6) is 0. The molecule has 0 aliphatic rings. The van der Waals surface area contributed by atoms with Gasteiger partial charge in [-0.25, -0.2) is 0 Å². The highest BCUT2D eigenvalue weighted by Gasteiger charge is 2.10. The van der Waals surface area contributed by atoms with Gasteiger partial charge in [-0.1, -0.05) is 13.0 Å². The number of pyridine rings is 1. The molecule has 0 saturated carbocycles. The van der Waals surface area contributed by atoms with E-state index >= 15 is 0 Å². The van der Waals surface area contributed by atoms with Crippen LogP contribution in [0.15, 0.2) is 24.4 Å². The van der Waals surface area contributed by atoms with Crippen LogP contribution in [0.1, 0.15) is 19.5 Å². The molecule has 4 nitrogen and oxygen atoms in total. The molecule has 1 rings (SSSR count). The second-order valence-electron chi connectivity index (χ2n) is 4.28. The van der Waals surface area contributed by atoms with Crippen molar-refractivity contribution in [3.63, 3.8) is 0 Å². The van der Waals surface area contributed by atoms with Gasteiger partial charge in [-0.3, -0.25) is 4.98 Å². The topological polar surface area (TPSA) is 45.6 Å². The van der Waals surface area contributed by atoms with E-state index in [1.807, 2.05) is 31.3 Å². The number of ether oxygens (including phenoxy) is 1. The van der Waals surface area contributed by atoms with Crippen molar-refractivity contribution in [2.45, 2.75) is 26.4 Å². The molecule has 1 aromatic rings. The number of aliphatic hydroxyl groups is 1. The van der Waals surface area contributed by atoms with Crippen molar-refractivity contribution in [3.8, 4) is 0 Å². The van der Waals surface area contributed by atoms with Gasteiger partial charge >= 0.3 is 0 Å². The monoisotopic (exact) mass is 252 g/mol. The third-order valence-corrected chi connectivity index (χ3v) is 2.84. The molecule has 0 aromatic carbocycles. The van der Waals surface area contributed by atoms with Gasteiger partial charge in [-0.15, -0.1) is 0 Å². The molecule has 18 heavy (non-hydrogen) atoms. The molecule has 0 radical (unpaired) electrons. The van der Waals surface area contributed by atoms with E-state index in [9.17, 15) is 5.11 Å². The Hall–Kier alpha value is -0.970. The molecule has 1 unspecified atom stereocenters. The van der Waals surface area contributed by atoms with Crippen LogP contribution < -0.4 is 0 Å². The molecule has 0 aliphatic heterocycles. The Kier molecular flexibility index (Phi) is 7.57. The summed E-state index contributed by atoms with van der Waals surface area (Å²) in [5, 5.41) is 9.80. The van der Waals surface area contributed by atoms with E-state index in [0.29, 0.717) is 19.8 Å². The highest BCUT2D eigenvalue weighted by atomic mass is 16.5. The van der Waals surface area contributed by atoms with Crippen molar-refractivity contribution in [3.05, 3.63) is 30.1 Å². The zero-order chi connectivity index (χ0) is 13.2. The molecule has 0 spiro atoms. The first kappa shape index (κ1) is 15.1. The molecule has 4 heteroatoms. The number of hydrogen-bond donors (Lipinski definition) is 1. The minimum atomic E-state index is -0.409. The minimum Gasteiger partial charge on any atom is -0.389 e. The van der Waals surface area contributed by atoms with Crippen molar-refractivity contribution < 1.29 is 9.84 Å². The van der Waals surface area contributed by atoms with Gasteiger partial charge in [-0.05, 0) is 25.6 Å². The van der Waals surface area contributed by atoms with E-state index in [2.05, 4.69) is 16.8 Å². The summed E-state index contributed by atoms with van der Waals surface area (Å²) < 4.78 is 5.21. The number of hydrogen-bond acceptors (Lipinski definition) is 4. The minimum absolute atomic E-state index is 0.409. The molecule has 0 fully saturated rings. The van der Waals surface area contributed by atoms with Crippen LogP contribution in [0.3, 0.4) is 0 Å². The van der Waals surface area contributed by atoms with Crippen LogP contribution in [0.2, 0.25) is 0 Å². The first-order valence-electron chi connectivity index (χ1n) is 6.64. The van der Waals surface area contributed by atoms with Crippen molar-refractivity contribution in [1.29, 1.82) is 0 Å². The Labute approximate surface area is 110 Å². The Balaban J connectivity index is 2.29. The van der Waals surface area contributed by atoms with Gasteiger partial charge in [0.15, 0.2) is 0 Å².